The monoisotopic (exact) mass is 445 g/mol. The second-order valence-electron chi connectivity index (χ2n) is 8.27. The van der Waals surface area contributed by atoms with Gasteiger partial charge in [-0.05, 0) is 54.7 Å². The number of para-hydroxylation sites is 1. The van der Waals surface area contributed by atoms with E-state index in [0.29, 0.717) is 6.61 Å². The van der Waals surface area contributed by atoms with Gasteiger partial charge < -0.3 is 4.74 Å². The van der Waals surface area contributed by atoms with Crippen molar-refractivity contribution in [3.05, 3.63) is 108 Å². The van der Waals surface area contributed by atoms with Crippen LogP contribution < -0.4 is 4.74 Å². The van der Waals surface area contributed by atoms with Crippen molar-refractivity contribution in [1.82, 2.24) is 15.0 Å². The first-order valence-electron chi connectivity index (χ1n) is 11.8. The molecule has 0 saturated heterocycles. The molecule has 0 fully saturated rings. The molecule has 0 aliphatic heterocycles. The predicted octanol–water partition coefficient (Wildman–Crippen LogP) is 6.93. The van der Waals surface area contributed by atoms with Gasteiger partial charge in [0.05, 0.1) is 23.5 Å². The van der Waals surface area contributed by atoms with E-state index in [1.54, 1.807) is 0 Å². The van der Waals surface area contributed by atoms with Gasteiger partial charge in [0.2, 0.25) is 0 Å². The van der Waals surface area contributed by atoms with Crippen molar-refractivity contribution in [3.8, 4) is 28.3 Å². The summed E-state index contributed by atoms with van der Waals surface area (Å²) in [5.41, 5.74) is 8.05. The van der Waals surface area contributed by atoms with Gasteiger partial charge in [0.25, 0.3) is 0 Å². The average Bonchev–Trinajstić information content (AvgIpc) is 2.91. The molecule has 0 saturated carbocycles. The van der Waals surface area contributed by atoms with E-state index in [-0.39, 0.29) is 0 Å². The van der Waals surface area contributed by atoms with E-state index in [1.165, 1.54) is 11.1 Å². The van der Waals surface area contributed by atoms with Gasteiger partial charge in [-0.1, -0.05) is 67.6 Å². The Bertz CT molecular complexity index is 1370. The van der Waals surface area contributed by atoms with Gasteiger partial charge in [-0.15, -0.1) is 0 Å². The van der Waals surface area contributed by atoms with Crippen LogP contribution in [0.3, 0.4) is 0 Å². The Morgan fingerprint density at radius 1 is 0.676 bits per heavy atom. The fourth-order valence-corrected chi connectivity index (χ4v) is 4.07. The molecule has 0 aliphatic rings. The van der Waals surface area contributed by atoms with Crippen LogP contribution in [-0.4, -0.2) is 21.6 Å². The molecule has 0 aliphatic carbocycles. The Labute approximate surface area is 200 Å². The van der Waals surface area contributed by atoms with Gasteiger partial charge >= 0.3 is 0 Å². The third-order valence-corrected chi connectivity index (χ3v) is 5.96. The largest absolute Gasteiger partial charge is 0.491 e. The molecular formula is C30H27N3O. The number of aromatic nitrogens is 3. The van der Waals surface area contributed by atoms with Crippen molar-refractivity contribution in [2.45, 2.75) is 26.2 Å². The fourth-order valence-electron chi connectivity index (χ4n) is 4.07. The standard InChI is InChI=1S/C30H27N3O/c1-2-22-13-15-25(16-14-22)28-29(24-9-4-3-5-10-24)33-30-26(32-28)11-6-12-27(30)34-21-7-8-23-17-19-31-20-18-23/h3-6,9-20H,2,7-8,21H2,1H3. The fraction of sp³-hybridized carbons (Fsp3) is 0.167. The molecule has 0 atom stereocenters. The number of rotatable bonds is 8. The SMILES string of the molecule is CCc1ccc(-c2nc3cccc(OCCCc4ccncc4)c3nc2-c2ccccc2)cc1. The minimum atomic E-state index is 0.615. The molecule has 4 nitrogen and oxygen atoms in total. The molecule has 0 spiro atoms. The highest BCUT2D eigenvalue weighted by atomic mass is 16.5. The van der Waals surface area contributed by atoms with Crippen LogP contribution >= 0.6 is 0 Å². The maximum Gasteiger partial charge on any atom is 0.147 e. The molecule has 4 heteroatoms. The lowest BCUT2D eigenvalue weighted by Crippen LogP contribution is -2.02. The summed E-state index contributed by atoms with van der Waals surface area (Å²) in [4.78, 5) is 14.2. The lowest BCUT2D eigenvalue weighted by molar-refractivity contribution is 0.314. The zero-order chi connectivity index (χ0) is 23.2. The summed E-state index contributed by atoms with van der Waals surface area (Å²) < 4.78 is 6.19. The zero-order valence-corrected chi connectivity index (χ0v) is 19.3. The van der Waals surface area contributed by atoms with E-state index >= 15 is 0 Å². The Balaban J connectivity index is 1.49. The predicted molar refractivity (Wildman–Crippen MR) is 138 cm³/mol. The number of fused-ring (bicyclic) bond motifs is 1. The molecule has 5 rings (SSSR count). The molecule has 0 N–H and O–H groups in total. The second kappa shape index (κ2) is 10.3. The summed E-state index contributed by atoms with van der Waals surface area (Å²) in [7, 11) is 0. The van der Waals surface area contributed by atoms with Crippen LogP contribution in [0, 0.1) is 0 Å². The third-order valence-electron chi connectivity index (χ3n) is 5.96. The van der Waals surface area contributed by atoms with Crippen LogP contribution in [0.25, 0.3) is 33.5 Å². The summed E-state index contributed by atoms with van der Waals surface area (Å²) in [6, 6.07) is 28.9. The van der Waals surface area contributed by atoms with Crippen LogP contribution in [0.15, 0.2) is 97.3 Å². The molecule has 3 aromatic carbocycles. The summed E-state index contributed by atoms with van der Waals surface area (Å²) in [5.74, 6) is 0.768. The topological polar surface area (TPSA) is 47.9 Å². The third kappa shape index (κ3) is 4.81. The van der Waals surface area contributed by atoms with Crippen LogP contribution in [0.4, 0.5) is 0 Å². The van der Waals surface area contributed by atoms with Crippen LogP contribution in [0.5, 0.6) is 5.75 Å². The van der Waals surface area contributed by atoms with Gasteiger partial charge in [-0.25, -0.2) is 9.97 Å². The van der Waals surface area contributed by atoms with Crippen LogP contribution in [0.1, 0.15) is 24.5 Å². The van der Waals surface area contributed by atoms with Gasteiger partial charge in [-0.2, -0.15) is 0 Å². The molecule has 0 radical (unpaired) electrons. The molecule has 2 aromatic heterocycles. The zero-order valence-electron chi connectivity index (χ0n) is 19.3. The Morgan fingerprint density at radius 2 is 1.41 bits per heavy atom. The highest BCUT2D eigenvalue weighted by Crippen LogP contribution is 2.33. The number of aryl methyl sites for hydroxylation is 2. The molecule has 0 amide bonds. The second-order valence-corrected chi connectivity index (χ2v) is 8.27. The van der Waals surface area contributed by atoms with E-state index in [2.05, 4.69) is 48.3 Å². The van der Waals surface area contributed by atoms with E-state index < -0.39 is 0 Å². The van der Waals surface area contributed by atoms with Crippen molar-refractivity contribution in [2.75, 3.05) is 6.61 Å². The normalized spacial score (nSPS) is 11.0. The lowest BCUT2D eigenvalue weighted by atomic mass is 10.0. The van der Waals surface area contributed by atoms with E-state index in [1.807, 2.05) is 60.9 Å². The van der Waals surface area contributed by atoms with Gasteiger partial charge in [0.1, 0.15) is 11.3 Å². The summed E-state index contributed by atoms with van der Waals surface area (Å²) in [6.07, 6.45) is 6.54. The average molecular weight is 446 g/mol. The maximum absolute atomic E-state index is 6.19. The number of ether oxygens (including phenoxy) is 1. The molecular weight excluding hydrogens is 418 g/mol. The Hall–Kier alpha value is -4.05. The van der Waals surface area contributed by atoms with Gasteiger partial charge in [0, 0.05) is 23.5 Å². The molecule has 0 bridgehead atoms. The summed E-state index contributed by atoms with van der Waals surface area (Å²) in [5, 5.41) is 0. The first-order chi connectivity index (χ1) is 16.8. The van der Waals surface area contributed by atoms with Gasteiger partial charge in [0.15, 0.2) is 0 Å². The van der Waals surface area contributed by atoms with Crippen molar-refractivity contribution < 1.29 is 4.74 Å². The molecule has 34 heavy (non-hydrogen) atoms. The molecule has 0 unspecified atom stereocenters. The first-order valence-corrected chi connectivity index (χ1v) is 11.8. The van der Waals surface area contributed by atoms with E-state index in [4.69, 9.17) is 14.7 Å². The smallest absolute Gasteiger partial charge is 0.147 e. The Morgan fingerprint density at radius 3 is 2.18 bits per heavy atom. The highest BCUT2D eigenvalue weighted by molar-refractivity contribution is 5.89. The number of hydrogen-bond donors (Lipinski definition) is 0. The Kier molecular flexibility index (Phi) is 6.57. The van der Waals surface area contributed by atoms with Gasteiger partial charge in [-0.3, -0.25) is 4.98 Å². The number of pyridine rings is 1. The van der Waals surface area contributed by atoms with E-state index in [9.17, 15) is 0 Å². The lowest BCUT2D eigenvalue weighted by Gasteiger charge is -2.14. The van der Waals surface area contributed by atoms with Crippen LogP contribution in [-0.2, 0) is 12.8 Å². The van der Waals surface area contributed by atoms with Crippen LogP contribution in [0.2, 0.25) is 0 Å². The maximum atomic E-state index is 6.19. The number of hydrogen-bond acceptors (Lipinski definition) is 4. The van der Waals surface area contributed by atoms with Crippen molar-refractivity contribution in [2.24, 2.45) is 0 Å². The quantitative estimate of drug-likeness (QED) is 0.243. The summed E-state index contributed by atoms with van der Waals surface area (Å²) in [6.45, 7) is 2.78. The van der Waals surface area contributed by atoms with Crippen molar-refractivity contribution >= 4 is 11.0 Å². The molecule has 2 heterocycles. The number of nitrogens with zero attached hydrogens (tertiary/aromatic N) is 3. The van der Waals surface area contributed by atoms with Crippen molar-refractivity contribution in [3.63, 3.8) is 0 Å². The number of benzene rings is 3. The highest BCUT2D eigenvalue weighted by Gasteiger charge is 2.15. The van der Waals surface area contributed by atoms with E-state index in [0.717, 1.165) is 58.6 Å². The molecule has 168 valence electrons. The molecule has 5 aromatic rings. The summed E-state index contributed by atoms with van der Waals surface area (Å²) >= 11 is 0. The first kappa shape index (κ1) is 21.8. The van der Waals surface area contributed by atoms with Crippen molar-refractivity contribution in [1.29, 1.82) is 0 Å². The minimum absolute atomic E-state index is 0.615. The minimum Gasteiger partial charge on any atom is -0.491 e.